The molecule has 5 heteroatoms. The molecule has 0 radical (unpaired) electrons. The Kier molecular flexibility index (Phi) is 5.30. The number of aliphatic imine (C=N–C) groups is 1. The SMILES string of the molecule is Cc1cccc(CC(=O)N2CCN=C2SCc2cccc(F)c2)c1. The maximum Gasteiger partial charge on any atom is 0.233 e. The fourth-order valence-corrected chi connectivity index (χ4v) is 3.66. The number of carbonyl (C=O) groups is 1. The van der Waals surface area contributed by atoms with E-state index in [4.69, 9.17) is 0 Å². The van der Waals surface area contributed by atoms with E-state index >= 15 is 0 Å². The van der Waals surface area contributed by atoms with Crippen molar-refractivity contribution in [1.29, 1.82) is 0 Å². The van der Waals surface area contributed by atoms with Crippen molar-refractivity contribution in [2.24, 2.45) is 4.99 Å². The Bertz CT molecular complexity index is 775. The van der Waals surface area contributed by atoms with Crippen LogP contribution in [0.4, 0.5) is 4.39 Å². The molecule has 0 atom stereocenters. The van der Waals surface area contributed by atoms with Gasteiger partial charge in [0.15, 0.2) is 5.17 Å². The number of hydrogen-bond acceptors (Lipinski definition) is 3. The number of carbonyl (C=O) groups excluding carboxylic acids is 1. The number of amides is 1. The van der Waals surface area contributed by atoms with Crippen LogP contribution in [-0.2, 0) is 17.0 Å². The van der Waals surface area contributed by atoms with Crippen molar-refractivity contribution in [3.05, 3.63) is 71.0 Å². The highest BCUT2D eigenvalue weighted by Gasteiger charge is 2.24. The molecule has 124 valence electrons. The Balaban J connectivity index is 1.61. The molecule has 2 aromatic rings. The van der Waals surface area contributed by atoms with Gasteiger partial charge in [-0.15, -0.1) is 0 Å². The summed E-state index contributed by atoms with van der Waals surface area (Å²) in [4.78, 5) is 18.7. The molecule has 24 heavy (non-hydrogen) atoms. The third kappa shape index (κ3) is 4.23. The summed E-state index contributed by atoms with van der Waals surface area (Å²) in [5, 5.41) is 0.733. The predicted molar refractivity (Wildman–Crippen MR) is 96.6 cm³/mol. The van der Waals surface area contributed by atoms with Gasteiger partial charge in [0.25, 0.3) is 0 Å². The van der Waals surface area contributed by atoms with E-state index in [9.17, 15) is 9.18 Å². The minimum atomic E-state index is -0.242. The van der Waals surface area contributed by atoms with Gasteiger partial charge < -0.3 is 0 Å². The molecule has 0 saturated heterocycles. The molecule has 0 saturated carbocycles. The van der Waals surface area contributed by atoms with E-state index in [0.29, 0.717) is 25.3 Å². The van der Waals surface area contributed by atoms with Crippen LogP contribution in [0.25, 0.3) is 0 Å². The van der Waals surface area contributed by atoms with Crippen LogP contribution in [0.5, 0.6) is 0 Å². The van der Waals surface area contributed by atoms with Crippen LogP contribution in [-0.4, -0.2) is 29.1 Å². The number of halogens is 1. The van der Waals surface area contributed by atoms with Crippen LogP contribution in [0.15, 0.2) is 53.5 Å². The molecular formula is C19H19FN2OS. The van der Waals surface area contributed by atoms with Gasteiger partial charge in [-0.05, 0) is 30.2 Å². The lowest BCUT2D eigenvalue weighted by molar-refractivity contribution is -0.126. The molecule has 0 bridgehead atoms. The number of thioether (sulfide) groups is 1. The maximum absolute atomic E-state index is 13.2. The smallest absolute Gasteiger partial charge is 0.233 e. The topological polar surface area (TPSA) is 32.7 Å². The largest absolute Gasteiger partial charge is 0.289 e. The third-order valence-corrected chi connectivity index (χ3v) is 4.88. The van der Waals surface area contributed by atoms with Crippen molar-refractivity contribution in [3.63, 3.8) is 0 Å². The summed E-state index contributed by atoms with van der Waals surface area (Å²) < 4.78 is 13.2. The van der Waals surface area contributed by atoms with E-state index in [1.807, 2.05) is 37.3 Å². The molecule has 1 amide bonds. The standard InChI is InChI=1S/C19H19FN2OS/c1-14-4-2-5-15(10-14)12-18(23)22-9-8-21-19(22)24-13-16-6-3-7-17(20)11-16/h2-7,10-11H,8-9,12-13H2,1H3. The summed E-state index contributed by atoms with van der Waals surface area (Å²) in [7, 11) is 0. The minimum Gasteiger partial charge on any atom is -0.289 e. The van der Waals surface area contributed by atoms with E-state index in [0.717, 1.165) is 21.9 Å². The summed E-state index contributed by atoms with van der Waals surface area (Å²) in [6.07, 6.45) is 0.376. The second-order valence-electron chi connectivity index (χ2n) is 5.79. The summed E-state index contributed by atoms with van der Waals surface area (Å²) in [5.74, 6) is 0.419. The fraction of sp³-hybridized carbons (Fsp3) is 0.263. The first kappa shape index (κ1) is 16.7. The highest BCUT2D eigenvalue weighted by molar-refractivity contribution is 8.13. The van der Waals surface area contributed by atoms with E-state index < -0.39 is 0 Å². The normalized spacial score (nSPS) is 13.9. The van der Waals surface area contributed by atoms with Crippen molar-refractivity contribution in [2.75, 3.05) is 13.1 Å². The van der Waals surface area contributed by atoms with E-state index in [-0.39, 0.29) is 11.7 Å². The van der Waals surface area contributed by atoms with Gasteiger partial charge in [0.1, 0.15) is 5.82 Å². The number of aryl methyl sites for hydroxylation is 1. The van der Waals surface area contributed by atoms with Gasteiger partial charge in [0.05, 0.1) is 13.0 Å². The summed E-state index contributed by atoms with van der Waals surface area (Å²) >= 11 is 1.48. The molecule has 1 aliphatic heterocycles. The number of rotatable bonds is 4. The van der Waals surface area contributed by atoms with E-state index in [2.05, 4.69) is 4.99 Å². The van der Waals surface area contributed by atoms with Gasteiger partial charge in [-0.1, -0.05) is 53.7 Å². The zero-order valence-corrected chi connectivity index (χ0v) is 14.4. The third-order valence-electron chi connectivity index (χ3n) is 3.80. The lowest BCUT2D eigenvalue weighted by Gasteiger charge is -2.18. The van der Waals surface area contributed by atoms with E-state index in [1.54, 1.807) is 11.0 Å². The molecule has 0 aromatic heterocycles. The van der Waals surface area contributed by atoms with Crippen LogP contribution < -0.4 is 0 Å². The average Bonchev–Trinajstić information content (AvgIpc) is 3.02. The fourth-order valence-electron chi connectivity index (χ4n) is 2.65. The number of hydrogen-bond donors (Lipinski definition) is 0. The molecule has 0 N–H and O–H groups in total. The van der Waals surface area contributed by atoms with Gasteiger partial charge in [-0.2, -0.15) is 0 Å². The average molecular weight is 342 g/mol. The van der Waals surface area contributed by atoms with Gasteiger partial charge in [-0.3, -0.25) is 14.7 Å². The van der Waals surface area contributed by atoms with Crippen LogP contribution in [0.3, 0.4) is 0 Å². The highest BCUT2D eigenvalue weighted by Crippen LogP contribution is 2.21. The van der Waals surface area contributed by atoms with Crippen LogP contribution in [0.2, 0.25) is 0 Å². The van der Waals surface area contributed by atoms with Crippen molar-refractivity contribution >= 4 is 22.8 Å². The Morgan fingerprint density at radius 3 is 2.79 bits per heavy atom. The summed E-state index contributed by atoms with van der Waals surface area (Å²) in [5.41, 5.74) is 3.05. The molecule has 3 nitrogen and oxygen atoms in total. The van der Waals surface area contributed by atoms with Crippen molar-refractivity contribution in [2.45, 2.75) is 19.1 Å². The van der Waals surface area contributed by atoms with Crippen LogP contribution >= 0.6 is 11.8 Å². The number of nitrogens with zero attached hydrogens (tertiary/aromatic N) is 2. The van der Waals surface area contributed by atoms with E-state index in [1.165, 1.54) is 23.9 Å². The molecule has 2 aromatic carbocycles. The lowest BCUT2D eigenvalue weighted by Crippen LogP contribution is -2.34. The summed E-state index contributed by atoms with van der Waals surface area (Å²) in [6.45, 7) is 3.27. The highest BCUT2D eigenvalue weighted by atomic mass is 32.2. The van der Waals surface area contributed by atoms with Crippen molar-refractivity contribution < 1.29 is 9.18 Å². The molecule has 0 spiro atoms. The monoisotopic (exact) mass is 342 g/mol. The Morgan fingerprint density at radius 2 is 2.00 bits per heavy atom. The molecule has 3 rings (SSSR count). The minimum absolute atomic E-state index is 0.0589. The first-order valence-electron chi connectivity index (χ1n) is 7.89. The van der Waals surface area contributed by atoms with Gasteiger partial charge in [0.2, 0.25) is 5.91 Å². The first-order chi connectivity index (χ1) is 11.6. The zero-order valence-electron chi connectivity index (χ0n) is 13.5. The number of benzene rings is 2. The van der Waals surface area contributed by atoms with Crippen LogP contribution in [0.1, 0.15) is 16.7 Å². The predicted octanol–water partition coefficient (Wildman–Crippen LogP) is 3.81. The molecule has 0 aliphatic carbocycles. The van der Waals surface area contributed by atoms with Gasteiger partial charge >= 0.3 is 0 Å². The molecule has 1 aliphatic rings. The molecule has 1 heterocycles. The van der Waals surface area contributed by atoms with Gasteiger partial charge in [-0.25, -0.2) is 4.39 Å². The Hall–Kier alpha value is -2.14. The quantitative estimate of drug-likeness (QED) is 0.846. The molecular weight excluding hydrogens is 323 g/mol. The van der Waals surface area contributed by atoms with Crippen molar-refractivity contribution in [3.8, 4) is 0 Å². The second-order valence-corrected chi connectivity index (χ2v) is 6.74. The Labute approximate surface area is 145 Å². The van der Waals surface area contributed by atoms with Crippen LogP contribution in [0, 0.1) is 12.7 Å². The Morgan fingerprint density at radius 1 is 1.21 bits per heavy atom. The zero-order chi connectivity index (χ0) is 16.9. The molecule has 0 fully saturated rings. The summed E-state index contributed by atoms with van der Waals surface area (Å²) in [6, 6.07) is 14.5. The lowest BCUT2D eigenvalue weighted by atomic mass is 10.1. The first-order valence-corrected chi connectivity index (χ1v) is 8.88. The molecule has 0 unspecified atom stereocenters. The number of amidine groups is 1. The maximum atomic E-state index is 13.2. The van der Waals surface area contributed by atoms with Gasteiger partial charge in [0, 0.05) is 12.3 Å². The van der Waals surface area contributed by atoms with Crippen molar-refractivity contribution in [1.82, 2.24) is 4.90 Å². The second kappa shape index (κ2) is 7.62.